The van der Waals surface area contributed by atoms with Crippen molar-refractivity contribution < 1.29 is 27.5 Å². The van der Waals surface area contributed by atoms with E-state index in [4.69, 9.17) is 4.74 Å². The van der Waals surface area contributed by atoms with Gasteiger partial charge in [0, 0.05) is 6.54 Å². The van der Waals surface area contributed by atoms with Crippen molar-refractivity contribution in [2.24, 2.45) is 5.92 Å². The number of carbonyl (C=O) groups is 2. The van der Waals surface area contributed by atoms with Crippen molar-refractivity contribution in [1.82, 2.24) is 9.88 Å². The maximum Gasteiger partial charge on any atom is 0.410 e. The average Bonchev–Trinajstić information content (AvgIpc) is 2.95. The molecule has 1 aliphatic heterocycles. The highest BCUT2D eigenvalue weighted by Gasteiger charge is 2.51. The number of aromatic nitrogens is 1. The number of halogens is 4. The second kappa shape index (κ2) is 7.65. The van der Waals surface area contributed by atoms with E-state index in [-0.39, 0.29) is 5.82 Å². The lowest BCUT2D eigenvalue weighted by atomic mass is 10.0. The number of pyridine rings is 1. The van der Waals surface area contributed by atoms with Crippen molar-refractivity contribution in [2.45, 2.75) is 51.9 Å². The van der Waals surface area contributed by atoms with E-state index < -0.39 is 48.7 Å². The van der Waals surface area contributed by atoms with E-state index in [9.17, 15) is 22.8 Å². The third-order valence-corrected chi connectivity index (χ3v) is 4.44. The molecule has 0 aromatic carbocycles. The van der Waals surface area contributed by atoms with Gasteiger partial charge in [0.1, 0.15) is 22.1 Å². The zero-order valence-corrected chi connectivity index (χ0v) is 16.9. The van der Waals surface area contributed by atoms with Crippen LogP contribution in [-0.2, 0) is 9.53 Å². The molecule has 1 aromatic heterocycles. The Morgan fingerprint density at radius 2 is 1.93 bits per heavy atom. The number of ether oxygens (including phenoxy) is 1. The number of alkyl halides is 3. The maximum absolute atomic E-state index is 13.2. The molecule has 0 radical (unpaired) electrons. The van der Waals surface area contributed by atoms with E-state index >= 15 is 0 Å². The summed E-state index contributed by atoms with van der Waals surface area (Å²) in [4.78, 5) is 30.0. The Kier molecular flexibility index (Phi) is 6.08. The van der Waals surface area contributed by atoms with Crippen LogP contribution in [0.25, 0.3) is 0 Å². The lowest BCUT2D eigenvalue weighted by Crippen LogP contribution is -2.45. The van der Waals surface area contributed by atoms with Crippen molar-refractivity contribution in [3.05, 3.63) is 22.3 Å². The normalized spacial score (nSPS) is 20.5. The number of aryl methyl sites for hydroxylation is 1. The molecule has 0 bridgehead atoms. The van der Waals surface area contributed by atoms with Crippen LogP contribution in [0.2, 0.25) is 0 Å². The summed E-state index contributed by atoms with van der Waals surface area (Å²) in [6, 6.07) is 2.07. The first-order chi connectivity index (χ1) is 12.3. The number of likely N-dealkylation sites (tertiary alicyclic amines) is 1. The van der Waals surface area contributed by atoms with E-state index in [1.54, 1.807) is 39.8 Å². The van der Waals surface area contributed by atoms with Gasteiger partial charge in [0.15, 0.2) is 0 Å². The summed E-state index contributed by atoms with van der Waals surface area (Å²) in [5, 5.41) is 2.52. The van der Waals surface area contributed by atoms with Gasteiger partial charge in [-0.3, -0.25) is 9.69 Å². The van der Waals surface area contributed by atoms with E-state index in [0.717, 1.165) is 4.90 Å². The van der Waals surface area contributed by atoms with Gasteiger partial charge in [0.25, 0.3) is 0 Å². The minimum absolute atomic E-state index is 0.217. The molecular weight excluding hydrogens is 431 g/mol. The summed E-state index contributed by atoms with van der Waals surface area (Å²) in [5.74, 6) is -2.31. The Morgan fingerprint density at radius 3 is 2.48 bits per heavy atom. The second-order valence-corrected chi connectivity index (χ2v) is 8.22. The minimum Gasteiger partial charge on any atom is -0.444 e. The lowest BCUT2D eigenvalue weighted by molar-refractivity contribution is -0.170. The quantitative estimate of drug-likeness (QED) is 0.681. The molecule has 0 aliphatic carbocycles. The van der Waals surface area contributed by atoms with Crippen molar-refractivity contribution in [1.29, 1.82) is 0 Å². The molecule has 0 unspecified atom stereocenters. The van der Waals surface area contributed by atoms with Crippen LogP contribution >= 0.6 is 15.9 Å². The number of rotatable bonds is 2. The molecule has 2 amide bonds. The van der Waals surface area contributed by atoms with E-state index in [2.05, 4.69) is 26.2 Å². The molecule has 10 heteroatoms. The largest absolute Gasteiger partial charge is 0.444 e. The van der Waals surface area contributed by atoms with Crippen LogP contribution in [0.15, 0.2) is 16.7 Å². The van der Waals surface area contributed by atoms with Gasteiger partial charge in [-0.05, 0) is 61.7 Å². The molecule has 0 spiro atoms. The molecule has 1 N–H and O–H groups in total. The van der Waals surface area contributed by atoms with Gasteiger partial charge in [0.2, 0.25) is 5.91 Å². The van der Waals surface area contributed by atoms with Gasteiger partial charge < -0.3 is 10.1 Å². The van der Waals surface area contributed by atoms with Crippen LogP contribution in [0.4, 0.5) is 23.8 Å². The van der Waals surface area contributed by atoms with Crippen molar-refractivity contribution in [3.63, 3.8) is 0 Å². The Hall–Kier alpha value is -1.84. The second-order valence-electron chi connectivity index (χ2n) is 7.41. The Balaban J connectivity index is 2.24. The van der Waals surface area contributed by atoms with Gasteiger partial charge in [-0.1, -0.05) is 6.07 Å². The number of nitrogens with one attached hydrogen (secondary N) is 1. The van der Waals surface area contributed by atoms with Gasteiger partial charge in [-0.25, -0.2) is 9.78 Å². The van der Waals surface area contributed by atoms with Crippen molar-refractivity contribution in [2.75, 3.05) is 11.9 Å². The van der Waals surface area contributed by atoms with E-state index in [1.807, 2.05) is 0 Å². The van der Waals surface area contributed by atoms with Gasteiger partial charge in [-0.15, -0.1) is 0 Å². The highest BCUT2D eigenvalue weighted by Crippen LogP contribution is 2.37. The number of hydrogen-bond acceptors (Lipinski definition) is 4. The molecule has 27 heavy (non-hydrogen) atoms. The predicted molar refractivity (Wildman–Crippen MR) is 96.2 cm³/mol. The van der Waals surface area contributed by atoms with Crippen LogP contribution in [0.3, 0.4) is 0 Å². The van der Waals surface area contributed by atoms with Gasteiger partial charge >= 0.3 is 12.3 Å². The molecule has 6 nitrogen and oxygen atoms in total. The minimum atomic E-state index is -4.51. The molecule has 1 fully saturated rings. The number of carbonyl (C=O) groups excluding carboxylic acids is 2. The summed E-state index contributed by atoms with van der Waals surface area (Å²) in [7, 11) is 0. The fourth-order valence-corrected chi connectivity index (χ4v) is 2.98. The van der Waals surface area contributed by atoms with Crippen molar-refractivity contribution >= 4 is 33.7 Å². The number of hydrogen-bond donors (Lipinski definition) is 1. The summed E-state index contributed by atoms with van der Waals surface area (Å²) >= 11 is 3.18. The Bertz CT molecular complexity index is 734. The van der Waals surface area contributed by atoms with Gasteiger partial charge in [-0.2, -0.15) is 13.2 Å². The summed E-state index contributed by atoms with van der Waals surface area (Å²) < 4.78 is 45.2. The average molecular weight is 452 g/mol. The highest BCUT2D eigenvalue weighted by atomic mass is 79.9. The monoisotopic (exact) mass is 451 g/mol. The Labute approximate surface area is 163 Å². The van der Waals surface area contributed by atoms with Crippen LogP contribution in [0.5, 0.6) is 0 Å². The molecule has 2 atom stereocenters. The lowest BCUT2D eigenvalue weighted by Gasteiger charge is -2.28. The number of anilines is 1. The van der Waals surface area contributed by atoms with E-state index in [1.165, 1.54) is 0 Å². The molecule has 150 valence electrons. The van der Waals surface area contributed by atoms with Crippen molar-refractivity contribution in [3.8, 4) is 0 Å². The van der Waals surface area contributed by atoms with E-state index in [0.29, 0.717) is 10.2 Å². The summed E-state index contributed by atoms with van der Waals surface area (Å²) in [6.45, 7) is 5.89. The first kappa shape index (κ1) is 21.5. The topological polar surface area (TPSA) is 71.5 Å². The molecule has 0 saturated carbocycles. The van der Waals surface area contributed by atoms with Crippen LogP contribution < -0.4 is 5.32 Å². The molecule has 1 saturated heterocycles. The molecular formula is C17H21BrF3N3O3. The third kappa shape index (κ3) is 5.57. The van der Waals surface area contributed by atoms with Crippen LogP contribution in [-0.4, -0.2) is 46.2 Å². The first-order valence-electron chi connectivity index (χ1n) is 8.28. The molecule has 2 heterocycles. The first-order valence-corrected chi connectivity index (χ1v) is 9.07. The fourth-order valence-electron chi connectivity index (χ4n) is 2.68. The number of amides is 2. The fraction of sp³-hybridized carbons (Fsp3) is 0.588. The molecule has 1 aromatic rings. The summed E-state index contributed by atoms with van der Waals surface area (Å²) in [5.41, 5.74) is -0.252. The molecule has 1 aliphatic rings. The van der Waals surface area contributed by atoms with Gasteiger partial charge in [0.05, 0.1) is 5.92 Å². The SMILES string of the molecule is Cc1ccc(Br)nc1NC(=O)[C@@H]1C[C@H](C(F)(F)F)CN1C(=O)OC(C)(C)C. The van der Waals surface area contributed by atoms with Crippen LogP contribution in [0.1, 0.15) is 32.8 Å². The third-order valence-electron chi connectivity index (χ3n) is 4.00. The summed E-state index contributed by atoms with van der Waals surface area (Å²) in [6.07, 6.45) is -5.99. The zero-order valence-electron chi connectivity index (χ0n) is 15.4. The Morgan fingerprint density at radius 1 is 1.30 bits per heavy atom. The predicted octanol–water partition coefficient (Wildman–Crippen LogP) is 4.28. The smallest absolute Gasteiger partial charge is 0.410 e. The number of nitrogens with zero attached hydrogens (tertiary/aromatic N) is 2. The van der Waals surface area contributed by atoms with Crippen LogP contribution in [0, 0.1) is 12.8 Å². The standard InChI is InChI=1S/C17H21BrF3N3O3/c1-9-5-6-12(18)22-13(9)23-14(25)11-7-10(17(19,20)21)8-24(11)15(26)27-16(2,3)4/h5-6,10-11H,7-8H2,1-4H3,(H,22,23,25)/t10-,11-/m0/s1. The molecule has 2 rings (SSSR count). The highest BCUT2D eigenvalue weighted by molar-refractivity contribution is 9.10. The maximum atomic E-state index is 13.2. The zero-order chi connectivity index (χ0) is 20.6.